The molecule has 0 aliphatic carbocycles. The molecule has 0 bridgehead atoms. The van der Waals surface area contributed by atoms with Crippen molar-refractivity contribution in [2.75, 3.05) is 13.1 Å². The Kier molecular flexibility index (Phi) is 11.9. The Bertz CT molecular complexity index is 1760. The molecule has 0 aromatic heterocycles. The smallest absolute Gasteiger partial charge is 0.416 e. The molecule has 2 N–H and O–H groups in total. The van der Waals surface area contributed by atoms with Gasteiger partial charge in [-0.3, -0.25) is 14.5 Å². The molecule has 5 rings (SSSR count). The van der Waals surface area contributed by atoms with E-state index in [2.05, 4.69) is 0 Å². The third kappa shape index (κ3) is 9.43. The zero-order valence-corrected chi connectivity index (χ0v) is 28.0. The third-order valence-electron chi connectivity index (χ3n) is 8.89. The summed E-state index contributed by atoms with van der Waals surface area (Å²) in [5.41, 5.74) is 2.82. The zero-order valence-electron chi connectivity index (χ0n) is 28.0. The molecule has 3 amide bonds. The molecule has 2 fully saturated rings. The molecule has 17 heteroatoms. The second kappa shape index (κ2) is 16.2. The van der Waals surface area contributed by atoms with Crippen LogP contribution in [0.3, 0.4) is 0 Å². The summed E-state index contributed by atoms with van der Waals surface area (Å²) in [6.45, 7) is -1.54. The fourth-order valence-corrected chi connectivity index (χ4v) is 6.34. The van der Waals surface area contributed by atoms with Crippen LogP contribution >= 0.6 is 0 Å². The number of piperazine rings is 1. The summed E-state index contributed by atoms with van der Waals surface area (Å²) in [4.78, 5) is 58.6. The number of rotatable bonds is 11. The van der Waals surface area contributed by atoms with Gasteiger partial charge in [0.15, 0.2) is 0 Å². The van der Waals surface area contributed by atoms with Gasteiger partial charge in [0.25, 0.3) is 0 Å². The van der Waals surface area contributed by atoms with Crippen LogP contribution in [0.25, 0.3) is 0 Å². The minimum atomic E-state index is -5.16. The topological polar surface area (TPSA) is 122 Å². The lowest BCUT2D eigenvalue weighted by Crippen LogP contribution is -2.74. The highest BCUT2D eigenvalue weighted by molar-refractivity contribution is 5.94. The van der Waals surface area contributed by atoms with Crippen LogP contribution in [0.4, 0.5) is 35.5 Å². The van der Waals surface area contributed by atoms with Crippen molar-refractivity contribution < 1.29 is 59.4 Å². The molecular formula is C36H35F7N4O6. The maximum atomic E-state index is 14.0. The highest BCUT2D eigenvalue weighted by atomic mass is 19.4. The van der Waals surface area contributed by atoms with E-state index in [4.69, 9.17) is 15.2 Å². The number of ether oxygens (including phenoxy) is 2. The van der Waals surface area contributed by atoms with Crippen LogP contribution in [0.15, 0.2) is 72.8 Å². The highest BCUT2D eigenvalue weighted by Crippen LogP contribution is 2.37. The van der Waals surface area contributed by atoms with Crippen molar-refractivity contribution in [1.29, 1.82) is 0 Å². The minimum Gasteiger partial charge on any atom is -0.459 e. The zero-order chi connectivity index (χ0) is 38.5. The van der Waals surface area contributed by atoms with Gasteiger partial charge in [0, 0.05) is 6.54 Å². The van der Waals surface area contributed by atoms with Crippen molar-refractivity contribution in [2.24, 2.45) is 5.73 Å². The van der Waals surface area contributed by atoms with E-state index in [1.54, 1.807) is 30.3 Å². The van der Waals surface area contributed by atoms with E-state index in [-0.39, 0.29) is 38.7 Å². The second-order valence-electron chi connectivity index (χ2n) is 12.6. The molecule has 2 saturated heterocycles. The first kappa shape index (κ1) is 39.0. The van der Waals surface area contributed by atoms with E-state index < -0.39 is 90.0 Å². The van der Waals surface area contributed by atoms with Crippen LogP contribution in [0.2, 0.25) is 0 Å². The van der Waals surface area contributed by atoms with E-state index in [9.17, 15) is 49.9 Å². The first-order valence-corrected chi connectivity index (χ1v) is 16.5. The van der Waals surface area contributed by atoms with Crippen LogP contribution in [-0.4, -0.2) is 69.9 Å². The molecule has 3 atom stereocenters. The number of esters is 1. The van der Waals surface area contributed by atoms with E-state index >= 15 is 0 Å². The summed E-state index contributed by atoms with van der Waals surface area (Å²) in [6, 6.07) is 11.6. The van der Waals surface area contributed by atoms with Gasteiger partial charge in [-0.25, -0.2) is 14.0 Å². The van der Waals surface area contributed by atoms with Gasteiger partial charge in [0.2, 0.25) is 11.8 Å². The first-order valence-electron chi connectivity index (χ1n) is 16.5. The molecule has 3 aromatic carbocycles. The maximum absolute atomic E-state index is 14.0. The van der Waals surface area contributed by atoms with Gasteiger partial charge in [-0.2, -0.15) is 26.3 Å². The van der Waals surface area contributed by atoms with E-state index in [1.165, 1.54) is 29.2 Å². The number of hydrogen-bond acceptors (Lipinski definition) is 7. The van der Waals surface area contributed by atoms with Crippen LogP contribution in [-0.2, 0) is 56.0 Å². The fraction of sp³-hybridized carbons (Fsp3) is 0.389. The number of carbonyl (C=O) groups is 4. The summed E-state index contributed by atoms with van der Waals surface area (Å²) in [6.07, 6.45) is -12.8. The maximum Gasteiger partial charge on any atom is 0.416 e. The fourth-order valence-electron chi connectivity index (χ4n) is 6.34. The molecule has 284 valence electrons. The van der Waals surface area contributed by atoms with Crippen LogP contribution in [0, 0.1) is 5.82 Å². The Morgan fingerprint density at radius 1 is 0.792 bits per heavy atom. The number of hydrogen-bond donors (Lipinski definition) is 1. The number of benzene rings is 3. The summed E-state index contributed by atoms with van der Waals surface area (Å²) in [5.74, 6) is -2.76. The molecule has 3 aromatic rings. The average Bonchev–Trinajstić information content (AvgIpc) is 3.11. The van der Waals surface area contributed by atoms with E-state index in [1.807, 2.05) is 0 Å². The van der Waals surface area contributed by atoms with Crippen LogP contribution in [0.1, 0.15) is 53.5 Å². The molecule has 2 heterocycles. The SMILES string of the molecule is NCCCC[C@H]1C(=O)N(Cc2ccc(F)cc2)CC2N(C(=O)OCc3cc(C(F)(F)F)cc(C(F)(F)F)c3)C(C(=O)OCc3ccccc3)CC(=O)N21. The van der Waals surface area contributed by atoms with Gasteiger partial charge in [0.05, 0.1) is 24.1 Å². The quantitative estimate of drug-likeness (QED) is 0.145. The number of unbranched alkanes of at least 4 members (excludes halogenated alkanes) is 1. The van der Waals surface area contributed by atoms with Crippen molar-refractivity contribution in [1.82, 2.24) is 14.7 Å². The van der Waals surface area contributed by atoms with Crippen LogP contribution < -0.4 is 5.73 Å². The summed E-state index contributed by atoms with van der Waals surface area (Å²) in [7, 11) is 0. The minimum absolute atomic E-state index is 0.0717. The van der Waals surface area contributed by atoms with Gasteiger partial charge in [-0.05, 0) is 72.8 Å². The summed E-state index contributed by atoms with van der Waals surface area (Å²) in [5, 5.41) is 0. The Balaban J connectivity index is 1.50. The molecule has 2 unspecified atom stereocenters. The Morgan fingerprint density at radius 2 is 1.42 bits per heavy atom. The molecule has 2 aliphatic heterocycles. The third-order valence-corrected chi connectivity index (χ3v) is 8.89. The number of alkyl halides is 6. The Labute approximate surface area is 299 Å². The lowest BCUT2D eigenvalue weighted by atomic mass is 9.96. The molecular weight excluding hydrogens is 717 g/mol. The highest BCUT2D eigenvalue weighted by Gasteiger charge is 2.54. The lowest BCUT2D eigenvalue weighted by Gasteiger charge is -2.53. The molecule has 53 heavy (non-hydrogen) atoms. The predicted molar refractivity (Wildman–Crippen MR) is 172 cm³/mol. The van der Waals surface area contributed by atoms with Crippen molar-refractivity contribution in [2.45, 2.75) is 76.0 Å². The largest absolute Gasteiger partial charge is 0.459 e. The number of nitrogens with two attached hydrogens (primary N) is 1. The molecule has 2 aliphatic rings. The number of amides is 3. The summed E-state index contributed by atoms with van der Waals surface area (Å²) < 4.78 is 106. The number of nitrogens with zero attached hydrogens (tertiary/aromatic N) is 3. The Hall–Kier alpha value is -5.19. The molecule has 0 radical (unpaired) electrons. The number of halogens is 7. The predicted octanol–water partition coefficient (Wildman–Crippen LogP) is 6.01. The molecule has 10 nitrogen and oxygen atoms in total. The monoisotopic (exact) mass is 752 g/mol. The second-order valence-corrected chi connectivity index (χ2v) is 12.6. The van der Waals surface area contributed by atoms with Crippen molar-refractivity contribution in [3.63, 3.8) is 0 Å². The standard InChI is InChI=1S/C36H35F7N4O6/c37-27-11-9-22(10-12-27)18-45-19-30-46(28(32(45)49)8-4-5-13-44)31(48)17-29(33(50)52-20-23-6-2-1-3-7-23)47(30)34(51)53-21-24-14-25(35(38,39)40)16-26(15-24)36(41,42)43/h1-3,6-7,9-12,14-16,28-30H,4-5,8,13,17-21,44H2/t28-,29?,30?/m0/s1. The number of fused-ring (bicyclic) bond motifs is 1. The van der Waals surface area contributed by atoms with Crippen LogP contribution in [0.5, 0.6) is 0 Å². The van der Waals surface area contributed by atoms with E-state index in [0.717, 1.165) is 9.80 Å². The number of carbonyl (C=O) groups excluding carboxylic acids is 4. The van der Waals surface area contributed by atoms with Gasteiger partial charge in [-0.15, -0.1) is 0 Å². The van der Waals surface area contributed by atoms with E-state index in [0.29, 0.717) is 36.1 Å². The lowest BCUT2D eigenvalue weighted by molar-refractivity contribution is -0.180. The van der Waals surface area contributed by atoms with Crippen molar-refractivity contribution in [3.05, 3.63) is 106 Å². The molecule has 0 spiro atoms. The normalized spacial score (nSPS) is 19.2. The average molecular weight is 753 g/mol. The van der Waals surface area contributed by atoms with Gasteiger partial charge in [-0.1, -0.05) is 42.5 Å². The first-order chi connectivity index (χ1) is 25.1. The Morgan fingerprint density at radius 3 is 2.02 bits per heavy atom. The van der Waals surface area contributed by atoms with Gasteiger partial charge < -0.3 is 25.0 Å². The van der Waals surface area contributed by atoms with Gasteiger partial charge >= 0.3 is 24.4 Å². The van der Waals surface area contributed by atoms with Crippen molar-refractivity contribution in [3.8, 4) is 0 Å². The molecule has 0 saturated carbocycles. The summed E-state index contributed by atoms with van der Waals surface area (Å²) >= 11 is 0. The van der Waals surface area contributed by atoms with Crippen molar-refractivity contribution >= 4 is 23.9 Å². The van der Waals surface area contributed by atoms with Gasteiger partial charge in [0.1, 0.15) is 37.3 Å².